The van der Waals surface area contributed by atoms with Crippen molar-refractivity contribution in [3.63, 3.8) is 0 Å². The molecule has 0 nitrogen and oxygen atoms in total. The van der Waals surface area contributed by atoms with E-state index in [0.29, 0.717) is 0 Å². The van der Waals surface area contributed by atoms with E-state index in [4.69, 9.17) is 0 Å². The van der Waals surface area contributed by atoms with Crippen molar-refractivity contribution in [1.29, 1.82) is 0 Å². The summed E-state index contributed by atoms with van der Waals surface area (Å²) in [5.41, 5.74) is 9.35. The molecule has 0 N–H and O–H groups in total. The number of benzene rings is 1. The number of hydrogen-bond donors (Lipinski definition) is 0. The standard InChI is InChI=1S/C16H20Si2/c1-17(2)11-9-15-7-5-6-8-16(15)10-12-18(3,4)14-13-17/h5-8H,13-14H2,1-4H3. The second kappa shape index (κ2) is 4.80. The summed E-state index contributed by atoms with van der Waals surface area (Å²) in [5, 5.41) is 0. The molecule has 92 valence electrons. The molecule has 0 amide bonds. The van der Waals surface area contributed by atoms with Gasteiger partial charge in [0.25, 0.3) is 0 Å². The Morgan fingerprint density at radius 3 is 1.56 bits per heavy atom. The minimum absolute atomic E-state index is 1.11. The molecule has 0 saturated heterocycles. The normalized spacial score (nSPS) is 19.6. The van der Waals surface area contributed by atoms with E-state index in [2.05, 4.69) is 73.4 Å². The highest BCUT2D eigenvalue weighted by Gasteiger charge is 2.25. The van der Waals surface area contributed by atoms with Gasteiger partial charge in [0.1, 0.15) is 16.1 Å². The van der Waals surface area contributed by atoms with E-state index in [1.54, 1.807) is 0 Å². The fourth-order valence-corrected chi connectivity index (χ4v) is 8.12. The first-order chi connectivity index (χ1) is 8.38. The van der Waals surface area contributed by atoms with Crippen molar-refractivity contribution in [2.24, 2.45) is 0 Å². The second-order valence-electron chi connectivity index (χ2n) is 6.31. The Morgan fingerprint density at radius 2 is 1.17 bits per heavy atom. The molecule has 0 atom stereocenters. The number of hydrogen-bond acceptors (Lipinski definition) is 0. The number of fused-ring (bicyclic) bond motifs is 1. The molecule has 0 spiro atoms. The van der Waals surface area contributed by atoms with E-state index in [0.717, 1.165) is 11.1 Å². The predicted molar refractivity (Wildman–Crippen MR) is 84.8 cm³/mol. The third-order valence-corrected chi connectivity index (χ3v) is 8.48. The topological polar surface area (TPSA) is 0 Å². The number of rotatable bonds is 0. The molecule has 0 saturated carbocycles. The minimum atomic E-state index is -1.38. The van der Waals surface area contributed by atoms with Crippen LogP contribution < -0.4 is 0 Å². The lowest BCUT2D eigenvalue weighted by Gasteiger charge is -2.21. The van der Waals surface area contributed by atoms with Crippen LogP contribution in [-0.2, 0) is 0 Å². The molecule has 0 aromatic heterocycles. The summed E-state index contributed by atoms with van der Waals surface area (Å²) in [7, 11) is -2.76. The van der Waals surface area contributed by atoms with E-state index in [1.807, 2.05) is 0 Å². The molecule has 0 unspecified atom stereocenters. The third kappa shape index (κ3) is 3.39. The monoisotopic (exact) mass is 268 g/mol. The van der Waals surface area contributed by atoms with Crippen molar-refractivity contribution < 1.29 is 0 Å². The molecule has 0 fully saturated rings. The van der Waals surface area contributed by atoms with Gasteiger partial charge in [-0.25, -0.2) is 0 Å². The summed E-state index contributed by atoms with van der Waals surface area (Å²) in [4.78, 5) is 0. The molecule has 2 heteroatoms. The van der Waals surface area contributed by atoms with Gasteiger partial charge in [0.2, 0.25) is 0 Å². The average molecular weight is 269 g/mol. The lowest BCUT2D eigenvalue weighted by molar-refractivity contribution is 1.31. The van der Waals surface area contributed by atoms with Crippen molar-refractivity contribution in [2.75, 3.05) is 0 Å². The Morgan fingerprint density at radius 1 is 0.778 bits per heavy atom. The maximum atomic E-state index is 3.57. The van der Waals surface area contributed by atoms with Gasteiger partial charge in [-0.3, -0.25) is 0 Å². The lowest BCUT2D eigenvalue weighted by atomic mass is 10.1. The molecule has 1 aliphatic rings. The summed E-state index contributed by atoms with van der Waals surface area (Å²) in [5.74, 6) is 6.75. The Kier molecular flexibility index (Phi) is 3.53. The van der Waals surface area contributed by atoms with Gasteiger partial charge < -0.3 is 0 Å². The van der Waals surface area contributed by atoms with Gasteiger partial charge in [-0.05, 0) is 24.2 Å². The van der Waals surface area contributed by atoms with E-state index in [-0.39, 0.29) is 0 Å². The molecule has 1 heterocycles. The van der Waals surface area contributed by atoms with Crippen LogP contribution in [0, 0.1) is 22.9 Å². The van der Waals surface area contributed by atoms with Crippen LogP contribution in [0.4, 0.5) is 0 Å². The summed E-state index contributed by atoms with van der Waals surface area (Å²) in [6, 6.07) is 10.9. The molecule has 2 rings (SSSR count). The molecular weight excluding hydrogens is 248 g/mol. The molecule has 18 heavy (non-hydrogen) atoms. The van der Waals surface area contributed by atoms with Gasteiger partial charge in [-0.15, -0.1) is 11.1 Å². The van der Waals surface area contributed by atoms with Crippen LogP contribution in [0.25, 0.3) is 0 Å². The van der Waals surface area contributed by atoms with Crippen LogP contribution in [0.5, 0.6) is 0 Å². The van der Waals surface area contributed by atoms with E-state index < -0.39 is 16.1 Å². The first-order valence-electron chi connectivity index (χ1n) is 6.53. The van der Waals surface area contributed by atoms with Crippen LogP contribution in [0.3, 0.4) is 0 Å². The molecule has 0 radical (unpaired) electrons. The van der Waals surface area contributed by atoms with Gasteiger partial charge in [-0.2, -0.15) is 0 Å². The lowest BCUT2D eigenvalue weighted by Crippen LogP contribution is -2.31. The Labute approximate surface area is 113 Å². The van der Waals surface area contributed by atoms with Crippen LogP contribution in [-0.4, -0.2) is 16.1 Å². The first-order valence-corrected chi connectivity index (χ1v) is 12.9. The van der Waals surface area contributed by atoms with E-state index in [9.17, 15) is 0 Å². The Balaban J connectivity index is 2.55. The predicted octanol–water partition coefficient (Wildman–Crippen LogP) is 3.90. The zero-order valence-electron chi connectivity index (χ0n) is 11.7. The first kappa shape index (κ1) is 13.2. The highest BCUT2D eigenvalue weighted by molar-refractivity contribution is 6.90. The Bertz CT molecular complexity index is 521. The third-order valence-electron chi connectivity index (χ3n) is 3.37. The maximum absolute atomic E-state index is 3.57. The summed E-state index contributed by atoms with van der Waals surface area (Å²) >= 11 is 0. The van der Waals surface area contributed by atoms with Gasteiger partial charge in [0, 0.05) is 11.1 Å². The van der Waals surface area contributed by atoms with Crippen LogP contribution in [0.1, 0.15) is 11.1 Å². The molecule has 1 aromatic rings. The van der Waals surface area contributed by atoms with E-state index in [1.165, 1.54) is 12.1 Å². The second-order valence-corrected chi connectivity index (χ2v) is 15.3. The summed E-state index contributed by atoms with van der Waals surface area (Å²) in [6.45, 7) is 9.51. The van der Waals surface area contributed by atoms with Crippen molar-refractivity contribution in [3.8, 4) is 22.9 Å². The molecule has 1 aromatic carbocycles. The molecule has 0 bridgehead atoms. The van der Waals surface area contributed by atoms with E-state index >= 15 is 0 Å². The molecular formula is C16H20Si2. The maximum Gasteiger partial charge on any atom is 0.132 e. The van der Waals surface area contributed by atoms with Gasteiger partial charge in [0.05, 0.1) is 0 Å². The average Bonchev–Trinajstić information content (AvgIpc) is 2.32. The highest BCUT2D eigenvalue weighted by Crippen LogP contribution is 2.21. The zero-order valence-corrected chi connectivity index (χ0v) is 13.7. The van der Waals surface area contributed by atoms with Crippen molar-refractivity contribution in [3.05, 3.63) is 35.4 Å². The SMILES string of the molecule is C[Si]1(C)C#Cc2ccccc2C#C[Si](C)(C)CC1. The Hall–Kier alpha value is -1.23. The largest absolute Gasteiger partial charge is 0.132 e. The minimum Gasteiger partial charge on any atom is -0.126 e. The van der Waals surface area contributed by atoms with Gasteiger partial charge in [0.15, 0.2) is 0 Å². The van der Waals surface area contributed by atoms with Crippen molar-refractivity contribution >= 4 is 16.1 Å². The van der Waals surface area contributed by atoms with Gasteiger partial charge >= 0.3 is 0 Å². The van der Waals surface area contributed by atoms with Crippen molar-refractivity contribution in [2.45, 2.75) is 38.3 Å². The fourth-order valence-electron chi connectivity index (χ4n) is 1.92. The highest BCUT2D eigenvalue weighted by atomic mass is 28.3. The fraction of sp³-hybridized carbons (Fsp3) is 0.375. The summed E-state index contributed by atoms with van der Waals surface area (Å²) < 4.78 is 0. The smallest absolute Gasteiger partial charge is 0.126 e. The van der Waals surface area contributed by atoms with Crippen molar-refractivity contribution in [1.82, 2.24) is 0 Å². The molecule has 1 aliphatic heterocycles. The summed E-state index contributed by atoms with van der Waals surface area (Å²) in [6.07, 6.45) is 0. The zero-order chi connectivity index (χ0) is 13.2. The van der Waals surface area contributed by atoms with Crippen LogP contribution in [0.15, 0.2) is 24.3 Å². The quantitative estimate of drug-likeness (QED) is 0.494. The van der Waals surface area contributed by atoms with Gasteiger partial charge in [-0.1, -0.05) is 50.2 Å². The van der Waals surface area contributed by atoms with Crippen LogP contribution in [0.2, 0.25) is 38.3 Å². The molecule has 0 aliphatic carbocycles. The van der Waals surface area contributed by atoms with Crippen LogP contribution >= 0.6 is 0 Å².